The lowest BCUT2D eigenvalue weighted by Crippen LogP contribution is -2.43. The van der Waals surface area contributed by atoms with E-state index in [4.69, 9.17) is 23.2 Å². The lowest BCUT2D eigenvalue weighted by molar-refractivity contribution is 0.185. The molecule has 0 aliphatic heterocycles. The second kappa shape index (κ2) is 4.46. The smallest absolute Gasteiger partial charge is 0.143 e. The molecule has 0 spiro atoms. The average Bonchev–Trinajstić information content (AvgIpc) is 2.70. The molecule has 3 rings (SSSR count). The van der Waals surface area contributed by atoms with E-state index in [0.29, 0.717) is 16.2 Å². The molecule has 0 amide bonds. The highest BCUT2D eigenvalue weighted by Gasteiger charge is 2.48. The number of aryl methyl sites for hydroxylation is 1. The van der Waals surface area contributed by atoms with E-state index < -0.39 is 0 Å². The van der Waals surface area contributed by atoms with Crippen LogP contribution in [0, 0.1) is 5.92 Å². The van der Waals surface area contributed by atoms with Crippen LogP contribution in [0.2, 0.25) is 10.3 Å². The summed E-state index contributed by atoms with van der Waals surface area (Å²) in [4.78, 5) is 4.02. The molecule has 1 saturated carbocycles. The van der Waals surface area contributed by atoms with Gasteiger partial charge in [0.1, 0.15) is 22.5 Å². The van der Waals surface area contributed by atoms with Crippen LogP contribution in [0.25, 0.3) is 0 Å². The zero-order valence-corrected chi connectivity index (χ0v) is 12.3. The number of pyridine rings is 1. The maximum Gasteiger partial charge on any atom is 0.143 e. The highest BCUT2D eigenvalue weighted by molar-refractivity contribution is 6.32. The highest BCUT2D eigenvalue weighted by atomic mass is 35.5. The summed E-state index contributed by atoms with van der Waals surface area (Å²) in [6.07, 6.45) is 3.77. The van der Waals surface area contributed by atoms with Gasteiger partial charge in [-0.1, -0.05) is 30.1 Å². The Morgan fingerprint density at radius 2 is 1.89 bits per heavy atom. The van der Waals surface area contributed by atoms with Gasteiger partial charge in [0, 0.05) is 7.05 Å². The zero-order valence-electron chi connectivity index (χ0n) is 10.8. The summed E-state index contributed by atoms with van der Waals surface area (Å²) in [5.41, 5.74) is 0.938. The summed E-state index contributed by atoms with van der Waals surface area (Å²) in [7, 11) is 1.96. The largest absolute Gasteiger partial charge is 0.320 e. The first kappa shape index (κ1) is 12.9. The van der Waals surface area contributed by atoms with Crippen LogP contribution in [-0.2, 0) is 12.5 Å². The predicted molar refractivity (Wildman–Crippen MR) is 74.4 cm³/mol. The first-order chi connectivity index (χ1) is 9.01. The molecule has 0 aromatic carbocycles. The lowest BCUT2D eigenvalue weighted by Gasteiger charge is -2.46. The van der Waals surface area contributed by atoms with Crippen LogP contribution in [0.3, 0.4) is 0 Å². The Morgan fingerprint density at radius 3 is 2.37 bits per heavy atom. The lowest BCUT2D eigenvalue weighted by atomic mass is 9.59. The Hall–Kier alpha value is -1.13. The zero-order chi connectivity index (χ0) is 13.6. The molecule has 19 heavy (non-hydrogen) atoms. The number of hydrogen-bond donors (Lipinski definition) is 0. The monoisotopic (exact) mass is 296 g/mol. The fourth-order valence-electron chi connectivity index (χ4n) is 3.13. The summed E-state index contributed by atoms with van der Waals surface area (Å²) in [5, 5.41) is 9.12. The summed E-state index contributed by atoms with van der Waals surface area (Å²) in [6.45, 7) is 2.24. The Balaban J connectivity index is 2.14. The predicted octanol–water partition coefficient (Wildman–Crippen LogP) is 3.23. The van der Waals surface area contributed by atoms with Gasteiger partial charge in [0.15, 0.2) is 0 Å². The number of aromatic nitrogens is 4. The SMILES string of the molecule is Cn1cnnc1[C@]1(c2cc(Cl)nc(Cl)c2)C[C@H](C)C1. The fraction of sp³-hybridized carbons (Fsp3) is 0.462. The summed E-state index contributed by atoms with van der Waals surface area (Å²) in [6, 6.07) is 3.77. The van der Waals surface area contributed by atoms with Crippen molar-refractivity contribution in [2.45, 2.75) is 25.2 Å². The van der Waals surface area contributed by atoms with Crippen molar-refractivity contribution in [2.75, 3.05) is 0 Å². The minimum atomic E-state index is -0.138. The summed E-state index contributed by atoms with van der Waals surface area (Å²) in [5.74, 6) is 1.62. The molecule has 0 atom stereocenters. The molecule has 1 aliphatic rings. The van der Waals surface area contributed by atoms with E-state index in [2.05, 4.69) is 22.1 Å². The minimum Gasteiger partial charge on any atom is -0.320 e. The first-order valence-corrected chi connectivity index (χ1v) is 6.95. The van der Waals surface area contributed by atoms with Crippen LogP contribution >= 0.6 is 23.2 Å². The van der Waals surface area contributed by atoms with Crippen molar-refractivity contribution in [1.82, 2.24) is 19.7 Å². The Bertz CT molecular complexity index is 597. The summed E-state index contributed by atoms with van der Waals surface area (Å²) >= 11 is 12.1. The number of nitrogens with zero attached hydrogens (tertiary/aromatic N) is 4. The molecule has 2 aromatic heterocycles. The molecule has 0 bridgehead atoms. The van der Waals surface area contributed by atoms with Crippen molar-refractivity contribution >= 4 is 23.2 Å². The molecule has 2 aromatic rings. The molecule has 4 nitrogen and oxygen atoms in total. The van der Waals surface area contributed by atoms with Gasteiger partial charge in [-0.25, -0.2) is 4.98 Å². The van der Waals surface area contributed by atoms with Crippen molar-refractivity contribution in [2.24, 2.45) is 13.0 Å². The molecule has 0 unspecified atom stereocenters. The molecule has 2 heterocycles. The van der Waals surface area contributed by atoms with Crippen LogP contribution in [0.5, 0.6) is 0 Å². The van der Waals surface area contributed by atoms with Gasteiger partial charge in [-0.2, -0.15) is 0 Å². The van der Waals surface area contributed by atoms with E-state index >= 15 is 0 Å². The second-order valence-corrected chi connectivity index (χ2v) is 6.14. The molecule has 1 fully saturated rings. The topological polar surface area (TPSA) is 43.6 Å². The molecule has 0 N–H and O–H groups in total. The van der Waals surface area contributed by atoms with Crippen molar-refractivity contribution in [3.8, 4) is 0 Å². The van der Waals surface area contributed by atoms with E-state index in [0.717, 1.165) is 24.2 Å². The van der Waals surface area contributed by atoms with Crippen LogP contribution < -0.4 is 0 Å². The second-order valence-electron chi connectivity index (χ2n) is 5.36. The van der Waals surface area contributed by atoms with Crippen molar-refractivity contribution in [3.63, 3.8) is 0 Å². The first-order valence-electron chi connectivity index (χ1n) is 6.19. The van der Waals surface area contributed by atoms with E-state index in [-0.39, 0.29) is 5.41 Å². The normalized spacial score (nSPS) is 26.2. The number of halogens is 2. The van der Waals surface area contributed by atoms with E-state index in [9.17, 15) is 0 Å². The average molecular weight is 297 g/mol. The third kappa shape index (κ3) is 2.03. The molecule has 1 aliphatic carbocycles. The van der Waals surface area contributed by atoms with Gasteiger partial charge in [-0.15, -0.1) is 10.2 Å². The summed E-state index contributed by atoms with van der Waals surface area (Å²) < 4.78 is 1.97. The third-order valence-corrected chi connectivity index (χ3v) is 4.24. The quantitative estimate of drug-likeness (QED) is 0.799. The molecule has 0 radical (unpaired) electrons. The van der Waals surface area contributed by atoms with Crippen LogP contribution in [0.1, 0.15) is 31.2 Å². The van der Waals surface area contributed by atoms with Gasteiger partial charge in [0.05, 0.1) is 5.41 Å². The fourth-order valence-corrected chi connectivity index (χ4v) is 3.60. The van der Waals surface area contributed by atoms with E-state index in [1.165, 1.54) is 0 Å². The molecular formula is C13H14Cl2N4. The molecule has 0 saturated heterocycles. The van der Waals surface area contributed by atoms with Crippen LogP contribution in [0.15, 0.2) is 18.5 Å². The van der Waals surface area contributed by atoms with Crippen LogP contribution in [0.4, 0.5) is 0 Å². The Morgan fingerprint density at radius 1 is 1.26 bits per heavy atom. The van der Waals surface area contributed by atoms with Gasteiger partial charge in [-0.05, 0) is 36.5 Å². The van der Waals surface area contributed by atoms with Gasteiger partial charge in [0.25, 0.3) is 0 Å². The Kier molecular flexibility index (Phi) is 3.02. The van der Waals surface area contributed by atoms with Crippen LogP contribution in [-0.4, -0.2) is 19.7 Å². The maximum atomic E-state index is 6.04. The van der Waals surface area contributed by atoms with E-state index in [1.807, 2.05) is 23.7 Å². The molecular weight excluding hydrogens is 283 g/mol. The van der Waals surface area contributed by atoms with Gasteiger partial charge in [-0.3, -0.25) is 0 Å². The van der Waals surface area contributed by atoms with Gasteiger partial charge in [0.2, 0.25) is 0 Å². The Labute approximate surface area is 121 Å². The third-order valence-electron chi connectivity index (χ3n) is 3.85. The molecule has 6 heteroatoms. The van der Waals surface area contributed by atoms with Gasteiger partial charge >= 0.3 is 0 Å². The number of hydrogen-bond acceptors (Lipinski definition) is 3. The molecule has 100 valence electrons. The highest BCUT2D eigenvalue weighted by Crippen LogP contribution is 2.51. The van der Waals surface area contributed by atoms with Gasteiger partial charge < -0.3 is 4.57 Å². The van der Waals surface area contributed by atoms with E-state index in [1.54, 1.807) is 6.33 Å². The minimum absolute atomic E-state index is 0.138. The standard InChI is InChI=1S/C13H14Cl2N4/c1-8-5-13(6-8,12-18-16-7-19(12)2)9-3-10(14)17-11(15)4-9/h3-4,7-8H,5-6H2,1-2H3/t8-,13+. The van der Waals surface area contributed by atoms with Crippen molar-refractivity contribution in [3.05, 3.63) is 40.2 Å². The van der Waals surface area contributed by atoms with Crippen molar-refractivity contribution < 1.29 is 0 Å². The van der Waals surface area contributed by atoms with Crippen molar-refractivity contribution in [1.29, 1.82) is 0 Å². The number of rotatable bonds is 2. The maximum absolute atomic E-state index is 6.04.